The molecule has 0 saturated carbocycles. The average Bonchev–Trinajstić information content (AvgIpc) is 3.24. The van der Waals surface area contributed by atoms with E-state index in [1.54, 1.807) is 31.3 Å². The van der Waals surface area contributed by atoms with Gasteiger partial charge in [-0.05, 0) is 31.2 Å². The van der Waals surface area contributed by atoms with E-state index in [2.05, 4.69) is 20.8 Å². The van der Waals surface area contributed by atoms with E-state index >= 15 is 0 Å². The van der Waals surface area contributed by atoms with Gasteiger partial charge in [0.25, 0.3) is 5.91 Å². The Balaban J connectivity index is 1.43. The number of ether oxygens (including phenoxy) is 2. The first-order valence-corrected chi connectivity index (χ1v) is 7.55. The fourth-order valence-corrected chi connectivity index (χ4v) is 2.35. The molecule has 0 saturated heterocycles. The van der Waals surface area contributed by atoms with Gasteiger partial charge in [-0.2, -0.15) is 0 Å². The number of benzene rings is 1. The van der Waals surface area contributed by atoms with Crippen LogP contribution in [0.2, 0.25) is 0 Å². The van der Waals surface area contributed by atoms with Crippen molar-refractivity contribution in [2.45, 2.75) is 6.92 Å². The molecule has 2 N–H and O–H groups in total. The first-order chi connectivity index (χ1) is 12.2. The molecule has 2 aromatic heterocycles. The molecule has 0 aliphatic carbocycles. The fourth-order valence-electron chi connectivity index (χ4n) is 2.35. The van der Waals surface area contributed by atoms with Gasteiger partial charge in [0.1, 0.15) is 11.5 Å². The number of carbonyl (C=O) groups is 1. The highest BCUT2D eigenvalue weighted by atomic mass is 16.7. The summed E-state index contributed by atoms with van der Waals surface area (Å²) in [5.74, 6) is 2.02. The normalized spacial score (nSPS) is 12.0. The predicted octanol–water partition coefficient (Wildman–Crippen LogP) is 3.10. The third-order valence-corrected chi connectivity index (χ3v) is 3.53. The highest BCUT2D eigenvalue weighted by Gasteiger charge is 2.14. The van der Waals surface area contributed by atoms with Gasteiger partial charge in [-0.15, -0.1) is 0 Å². The Bertz CT molecular complexity index is 921. The molecule has 4 rings (SSSR count). The van der Waals surface area contributed by atoms with Crippen LogP contribution in [0.15, 0.2) is 47.1 Å². The van der Waals surface area contributed by atoms with Gasteiger partial charge < -0.3 is 24.6 Å². The van der Waals surface area contributed by atoms with Crippen molar-refractivity contribution in [3.8, 4) is 11.5 Å². The monoisotopic (exact) mass is 338 g/mol. The van der Waals surface area contributed by atoms with Crippen LogP contribution < -0.4 is 20.1 Å². The number of anilines is 3. The first-order valence-electron chi connectivity index (χ1n) is 7.55. The summed E-state index contributed by atoms with van der Waals surface area (Å²) in [5.41, 5.74) is 1.85. The molecular formula is C17H14N4O4. The number of pyridine rings is 1. The molecular weight excluding hydrogens is 324 g/mol. The largest absolute Gasteiger partial charge is 0.454 e. The van der Waals surface area contributed by atoms with Crippen molar-refractivity contribution in [3.63, 3.8) is 0 Å². The number of hydrogen-bond acceptors (Lipinski definition) is 7. The predicted molar refractivity (Wildman–Crippen MR) is 89.3 cm³/mol. The van der Waals surface area contributed by atoms with E-state index in [4.69, 9.17) is 14.0 Å². The number of rotatable bonds is 4. The molecule has 1 aliphatic rings. The van der Waals surface area contributed by atoms with Crippen LogP contribution in [0.3, 0.4) is 0 Å². The highest BCUT2D eigenvalue weighted by Crippen LogP contribution is 2.35. The number of amides is 1. The van der Waals surface area contributed by atoms with Crippen LogP contribution in [0.25, 0.3) is 0 Å². The second-order valence-corrected chi connectivity index (χ2v) is 5.40. The molecule has 1 amide bonds. The van der Waals surface area contributed by atoms with E-state index in [9.17, 15) is 4.79 Å². The Morgan fingerprint density at radius 1 is 1.08 bits per heavy atom. The van der Waals surface area contributed by atoms with Gasteiger partial charge in [0.2, 0.25) is 6.79 Å². The first kappa shape index (κ1) is 15.0. The second-order valence-electron chi connectivity index (χ2n) is 5.40. The summed E-state index contributed by atoms with van der Waals surface area (Å²) >= 11 is 0. The lowest BCUT2D eigenvalue weighted by Gasteiger charge is -2.07. The van der Waals surface area contributed by atoms with Crippen molar-refractivity contribution in [2.75, 3.05) is 17.4 Å². The van der Waals surface area contributed by atoms with Crippen LogP contribution in [0.4, 0.5) is 17.2 Å². The maximum absolute atomic E-state index is 12.1. The van der Waals surface area contributed by atoms with Crippen LogP contribution in [0.5, 0.6) is 11.5 Å². The van der Waals surface area contributed by atoms with Crippen LogP contribution in [0.1, 0.15) is 16.2 Å². The van der Waals surface area contributed by atoms with Gasteiger partial charge in [-0.3, -0.25) is 4.79 Å². The quantitative estimate of drug-likeness (QED) is 0.754. The number of nitrogens with zero attached hydrogens (tertiary/aromatic N) is 2. The minimum Gasteiger partial charge on any atom is -0.454 e. The van der Waals surface area contributed by atoms with Gasteiger partial charge in [-0.1, -0.05) is 5.16 Å². The zero-order valence-corrected chi connectivity index (χ0v) is 13.3. The number of aromatic nitrogens is 2. The Morgan fingerprint density at radius 2 is 1.92 bits per heavy atom. The Kier molecular flexibility index (Phi) is 3.70. The van der Waals surface area contributed by atoms with E-state index in [0.717, 1.165) is 17.1 Å². The lowest BCUT2D eigenvalue weighted by Crippen LogP contribution is -2.13. The molecule has 3 heterocycles. The number of nitrogens with one attached hydrogen (secondary N) is 2. The SMILES string of the molecule is Cc1cc(NC(=O)c2ccc(Nc3ccc4c(c3)OCO4)cn2)no1. The maximum Gasteiger partial charge on any atom is 0.275 e. The van der Waals surface area contributed by atoms with E-state index in [1.807, 2.05) is 18.2 Å². The molecule has 3 aromatic rings. The van der Waals surface area contributed by atoms with E-state index in [1.165, 1.54) is 0 Å². The summed E-state index contributed by atoms with van der Waals surface area (Å²) < 4.78 is 15.5. The van der Waals surface area contributed by atoms with Gasteiger partial charge >= 0.3 is 0 Å². The zero-order chi connectivity index (χ0) is 17.2. The maximum atomic E-state index is 12.1. The third-order valence-electron chi connectivity index (χ3n) is 3.53. The summed E-state index contributed by atoms with van der Waals surface area (Å²) in [6.07, 6.45) is 1.58. The van der Waals surface area contributed by atoms with E-state index in [0.29, 0.717) is 17.3 Å². The molecule has 1 aliphatic heterocycles. The van der Waals surface area contributed by atoms with Gasteiger partial charge in [0.15, 0.2) is 17.3 Å². The summed E-state index contributed by atoms with van der Waals surface area (Å²) in [7, 11) is 0. The number of fused-ring (bicyclic) bond motifs is 1. The minimum absolute atomic E-state index is 0.231. The molecule has 0 radical (unpaired) electrons. The standard InChI is InChI=1S/C17H14N4O4/c1-10-6-16(21-25-10)20-17(22)13-4-2-12(8-18-13)19-11-3-5-14-15(7-11)24-9-23-14/h2-8,19H,9H2,1H3,(H,20,21,22). The van der Waals surface area contributed by atoms with Crippen LogP contribution in [0, 0.1) is 6.92 Å². The molecule has 8 heteroatoms. The van der Waals surface area contributed by atoms with E-state index in [-0.39, 0.29) is 18.4 Å². The number of aryl methyl sites for hydroxylation is 1. The Labute approximate surface area is 142 Å². The Hall–Kier alpha value is -3.55. The van der Waals surface area contributed by atoms with Crippen molar-refractivity contribution in [3.05, 3.63) is 54.0 Å². The van der Waals surface area contributed by atoms with Crippen LogP contribution in [-0.2, 0) is 0 Å². The molecule has 0 atom stereocenters. The molecule has 0 bridgehead atoms. The third kappa shape index (κ3) is 3.23. The second kappa shape index (κ2) is 6.16. The lowest BCUT2D eigenvalue weighted by atomic mass is 10.2. The van der Waals surface area contributed by atoms with Gasteiger partial charge in [0, 0.05) is 17.8 Å². The minimum atomic E-state index is -0.358. The van der Waals surface area contributed by atoms with Gasteiger partial charge in [0.05, 0.1) is 11.9 Å². The average molecular weight is 338 g/mol. The molecule has 126 valence electrons. The molecule has 0 fully saturated rings. The summed E-state index contributed by atoms with van der Waals surface area (Å²) in [6.45, 7) is 1.98. The zero-order valence-electron chi connectivity index (χ0n) is 13.3. The fraction of sp³-hybridized carbons (Fsp3) is 0.118. The van der Waals surface area contributed by atoms with Crippen molar-refractivity contribution >= 4 is 23.1 Å². The van der Waals surface area contributed by atoms with E-state index < -0.39 is 0 Å². The summed E-state index contributed by atoms with van der Waals surface area (Å²) in [5, 5.41) is 9.53. The molecule has 0 unspecified atom stereocenters. The topological polar surface area (TPSA) is 98.5 Å². The summed E-state index contributed by atoms with van der Waals surface area (Å²) in [4.78, 5) is 16.3. The highest BCUT2D eigenvalue weighted by molar-refractivity contribution is 6.02. The number of carbonyl (C=O) groups excluding carboxylic acids is 1. The van der Waals surface area contributed by atoms with Crippen molar-refractivity contribution in [1.29, 1.82) is 0 Å². The molecule has 25 heavy (non-hydrogen) atoms. The molecule has 8 nitrogen and oxygen atoms in total. The van der Waals surface area contributed by atoms with Crippen molar-refractivity contribution in [2.24, 2.45) is 0 Å². The smallest absolute Gasteiger partial charge is 0.275 e. The molecule has 1 aromatic carbocycles. The lowest BCUT2D eigenvalue weighted by molar-refractivity contribution is 0.102. The molecule has 0 spiro atoms. The van der Waals surface area contributed by atoms with Gasteiger partial charge in [-0.25, -0.2) is 4.98 Å². The summed E-state index contributed by atoms with van der Waals surface area (Å²) in [6, 6.07) is 10.6. The Morgan fingerprint density at radius 3 is 2.68 bits per heavy atom. The van der Waals surface area contributed by atoms with Crippen LogP contribution in [-0.4, -0.2) is 22.8 Å². The number of hydrogen-bond donors (Lipinski definition) is 2. The van der Waals surface area contributed by atoms with Crippen molar-refractivity contribution in [1.82, 2.24) is 10.1 Å². The van der Waals surface area contributed by atoms with Crippen molar-refractivity contribution < 1.29 is 18.8 Å². The van der Waals surface area contributed by atoms with Crippen LogP contribution >= 0.6 is 0 Å².